The highest BCUT2D eigenvalue weighted by Crippen LogP contribution is 2.51. The summed E-state index contributed by atoms with van der Waals surface area (Å²) >= 11 is 2.07. The molecule has 0 N–H and O–H groups in total. The van der Waals surface area contributed by atoms with E-state index in [2.05, 4.69) is 15.5 Å². The number of carbonyl (C=O) groups excluding carboxylic acids is 2. The smallest absolute Gasteiger partial charge is 0.346 e. The van der Waals surface area contributed by atoms with Crippen molar-refractivity contribution in [2.75, 3.05) is 14.2 Å². The topological polar surface area (TPSA) is 76.4 Å². The zero-order valence-electron chi connectivity index (χ0n) is 12.9. The van der Waals surface area contributed by atoms with E-state index in [1.54, 1.807) is 12.2 Å². The van der Waals surface area contributed by atoms with Crippen molar-refractivity contribution in [3.05, 3.63) is 61.6 Å². The Bertz CT molecular complexity index is 759. The predicted octanol–water partition coefficient (Wildman–Crippen LogP) is 3.47. The maximum absolute atomic E-state index is 11.8. The first-order valence-electron chi connectivity index (χ1n) is 6.74. The number of rotatable bonds is 4. The van der Waals surface area contributed by atoms with Crippen molar-refractivity contribution in [2.24, 2.45) is 0 Å². The number of benzene rings is 1. The van der Waals surface area contributed by atoms with Gasteiger partial charge in [-0.05, 0) is 11.6 Å². The molecule has 2 rings (SSSR count). The summed E-state index contributed by atoms with van der Waals surface area (Å²) in [4.78, 5) is 23.9. The fraction of sp³-hybridized carbons (Fsp3) is 0.118. The van der Waals surface area contributed by atoms with Gasteiger partial charge in [0.25, 0.3) is 0 Å². The van der Waals surface area contributed by atoms with E-state index in [9.17, 15) is 14.9 Å². The number of allylic oxidation sites excluding steroid dienone is 2. The van der Waals surface area contributed by atoms with Crippen molar-refractivity contribution < 1.29 is 19.1 Å². The number of carbonyl (C=O) groups is 2. The number of hydrogen-bond acceptors (Lipinski definition) is 7. The second kappa shape index (κ2) is 8.43. The van der Waals surface area contributed by atoms with Crippen molar-refractivity contribution in [3.63, 3.8) is 0 Å². The van der Waals surface area contributed by atoms with E-state index in [1.807, 2.05) is 30.3 Å². The maximum atomic E-state index is 11.8. The molecule has 0 bridgehead atoms. The van der Waals surface area contributed by atoms with Gasteiger partial charge in [0.1, 0.15) is 15.9 Å². The fourth-order valence-corrected chi connectivity index (χ4v) is 4.18. The Balaban J connectivity index is 2.33. The minimum Gasteiger partial charge on any atom is -0.465 e. The van der Waals surface area contributed by atoms with Crippen LogP contribution in [0, 0.1) is 11.3 Å². The lowest BCUT2D eigenvalue weighted by Crippen LogP contribution is -2.08. The first kappa shape index (κ1) is 17.9. The monoisotopic (exact) mass is 359 g/mol. The number of thioether (sulfide) groups is 2. The summed E-state index contributed by atoms with van der Waals surface area (Å²) in [7, 11) is 2.47. The van der Waals surface area contributed by atoms with E-state index in [1.165, 1.54) is 14.2 Å². The fourth-order valence-electron chi connectivity index (χ4n) is 1.76. The maximum Gasteiger partial charge on any atom is 0.346 e. The second-order valence-corrected chi connectivity index (χ2v) is 6.70. The highest BCUT2D eigenvalue weighted by atomic mass is 32.2. The number of nitrogens with zero attached hydrogens (tertiary/aromatic N) is 1. The first-order valence-corrected chi connectivity index (χ1v) is 8.38. The molecule has 24 heavy (non-hydrogen) atoms. The number of nitriles is 1. The summed E-state index contributed by atoms with van der Waals surface area (Å²) in [6.07, 6.45) is 3.44. The summed E-state index contributed by atoms with van der Waals surface area (Å²) in [5.41, 5.74) is 1.29. The minimum atomic E-state index is -0.632. The molecular weight excluding hydrogens is 346 g/mol. The summed E-state index contributed by atoms with van der Waals surface area (Å²) in [5, 5.41) is 9.39. The van der Waals surface area contributed by atoms with Gasteiger partial charge in [-0.25, -0.2) is 9.59 Å². The van der Waals surface area contributed by atoms with Crippen LogP contribution in [-0.4, -0.2) is 26.2 Å². The van der Waals surface area contributed by atoms with Gasteiger partial charge >= 0.3 is 11.9 Å². The molecule has 1 aromatic carbocycles. The van der Waals surface area contributed by atoms with Gasteiger partial charge in [-0.3, -0.25) is 0 Å². The Morgan fingerprint density at radius 2 is 1.58 bits per heavy atom. The molecule has 1 aromatic rings. The molecule has 1 aliphatic rings. The molecule has 0 aliphatic carbocycles. The largest absolute Gasteiger partial charge is 0.465 e. The third-order valence-corrected chi connectivity index (χ3v) is 5.51. The molecule has 0 fully saturated rings. The van der Waals surface area contributed by atoms with Crippen LogP contribution in [-0.2, 0) is 19.1 Å². The third-order valence-electron chi connectivity index (χ3n) is 2.92. The van der Waals surface area contributed by atoms with Crippen LogP contribution >= 0.6 is 23.5 Å². The van der Waals surface area contributed by atoms with E-state index in [4.69, 9.17) is 0 Å². The molecule has 5 nitrogen and oxygen atoms in total. The summed E-state index contributed by atoms with van der Waals surface area (Å²) < 4.78 is 9.91. The molecule has 0 saturated carbocycles. The quantitative estimate of drug-likeness (QED) is 0.602. The van der Waals surface area contributed by atoms with Gasteiger partial charge in [-0.2, -0.15) is 5.26 Å². The molecule has 0 spiro atoms. The average molecular weight is 359 g/mol. The highest BCUT2D eigenvalue weighted by Gasteiger charge is 2.33. The zero-order chi connectivity index (χ0) is 17.5. The zero-order valence-corrected chi connectivity index (χ0v) is 14.6. The van der Waals surface area contributed by atoms with Gasteiger partial charge in [-0.1, -0.05) is 59.9 Å². The van der Waals surface area contributed by atoms with Crippen molar-refractivity contribution in [1.82, 2.24) is 0 Å². The highest BCUT2D eigenvalue weighted by molar-refractivity contribution is 8.29. The number of ether oxygens (including phenoxy) is 2. The normalized spacial score (nSPS) is 13.8. The van der Waals surface area contributed by atoms with E-state index in [-0.39, 0.29) is 9.81 Å². The summed E-state index contributed by atoms with van der Waals surface area (Å²) in [6, 6.07) is 11.6. The Morgan fingerprint density at radius 1 is 1.04 bits per heavy atom. The Labute approximate surface area is 148 Å². The number of hydrogen-bond donors (Lipinski definition) is 0. The van der Waals surface area contributed by atoms with E-state index < -0.39 is 11.9 Å². The van der Waals surface area contributed by atoms with E-state index in [0.29, 0.717) is 9.81 Å². The van der Waals surface area contributed by atoms with Crippen LogP contribution in [0.15, 0.2) is 56.0 Å². The third kappa shape index (κ3) is 4.10. The minimum absolute atomic E-state index is 0.130. The number of esters is 2. The van der Waals surface area contributed by atoms with Gasteiger partial charge < -0.3 is 9.47 Å². The number of methoxy groups -OCH3 is 2. The standard InChI is InChI=1S/C17H13NO4S2/c1-21-15(19)13-14(16(20)22-2)24-17(23-13)12(10-18)9-8-11-6-4-3-5-7-11/h3-9H,1-2H3/b9-8+. The van der Waals surface area contributed by atoms with Crippen LogP contribution < -0.4 is 0 Å². The van der Waals surface area contributed by atoms with Gasteiger partial charge in [-0.15, -0.1) is 0 Å². The lowest BCUT2D eigenvalue weighted by molar-refractivity contribution is -0.138. The Hall–Kier alpha value is -2.43. The van der Waals surface area contributed by atoms with E-state index in [0.717, 1.165) is 29.1 Å². The van der Waals surface area contributed by atoms with Crippen LogP contribution in [0.5, 0.6) is 0 Å². The van der Waals surface area contributed by atoms with Gasteiger partial charge in [0.15, 0.2) is 0 Å². The van der Waals surface area contributed by atoms with Crippen molar-refractivity contribution >= 4 is 41.5 Å². The molecule has 1 heterocycles. The Morgan fingerprint density at radius 3 is 2.04 bits per heavy atom. The molecule has 7 heteroatoms. The second-order valence-electron chi connectivity index (χ2n) is 4.40. The van der Waals surface area contributed by atoms with Crippen LogP contribution in [0.1, 0.15) is 5.56 Å². The lowest BCUT2D eigenvalue weighted by Gasteiger charge is -2.00. The van der Waals surface area contributed by atoms with Crippen molar-refractivity contribution in [1.29, 1.82) is 5.26 Å². The van der Waals surface area contributed by atoms with Crippen LogP contribution in [0.2, 0.25) is 0 Å². The molecule has 0 radical (unpaired) electrons. The lowest BCUT2D eigenvalue weighted by atomic mass is 10.2. The summed E-state index contributed by atoms with van der Waals surface area (Å²) in [5.74, 6) is -1.26. The average Bonchev–Trinajstić information content (AvgIpc) is 3.07. The van der Waals surface area contributed by atoms with Gasteiger partial charge in [0.2, 0.25) is 0 Å². The molecule has 122 valence electrons. The molecule has 0 amide bonds. The molecule has 0 atom stereocenters. The van der Waals surface area contributed by atoms with E-state index >= 15 is 0 Å². The summed E-state index contributed by atoms with van der Waals surface area (Å²) in [6.45, 7) is 0. The molecular formula is C17H13NO4S2. The van der Waals surface area contributed by atoms with Crippen LogP contribution in [0.4, 0.5) is 0 Å². The first-order chi connectivity index (χ1) is 11.6. The van der Waals surface area contributed by atoms with Gasteiger partial charge in [0.05, 0.1) is 24.0 Å². The SMILES string of the molecule is COC(=O)C1=C(C(=O)OC)SC(=C(C#N)/C=C/c2ccccc2)S1. The molecule has 0 saturated heterocycles. The Kier molecular flexibility index (Phi) is 6.29. The van der Waals surface area contributed by atoms with Crippen molar-refractivity contribution in [3.8, 4) is 6.07 Å². The molecule has 0 unspecified atom stereocenters. The molecule has 0 aromatic heterocycles. The van der Waals surface area contributed by atoms with Crippen molar-refractivity contribution in [2.45, 2.75) is 0 Å². The van der Waals surface area contributed by atoms with Gasteiger partial charge in [0, 0.05) is 0 Å². The van der Waals surface area contributed by atoms with Crippen LogP contribution in [0.3, 0.4) is 0 Å². The van der Waals surface area contributed by atoms with Crippen LogP contribution in [0.25, 0.3) is 6.08 Å². The predicted molar refractivity (Wildman–Crippen MR) is 94.4 cm³/mol. The molecule has 1 aliphatic heterocycles.